The molecule has 3 aromatic rings. The quantitative estimate of drug-likeness (QED) is 0.587. The highest BCUT2D eigenvalue weighted by molar-refractivity contribution is 6.33. The van der Waals surface area contributed by atoms with Gasteiger partial charge in [0.05, 0.1) is 18.5 Å². The van der Waals surface area contributed by atoms with Crippen LogP contribution >= 0.6 is 11.6 Å². The average Bonchev–Trinajstić information content (AvgIpc) is 3.24. The van der Waals surface area contributed by atoms with E-state index in [9.17, 15) is 4.79 Å². The Labute approximate surface area is 154 Å². The lowest BCUT2D eigenvalue weighted by Crippen LogP contribution is -2.12. The minimum Gasteiger partial charge on any atom is -0.478 e. The fraction of sp³-hybridized carbons (Fsp3) is 0.294. The molecule has 3 heterocycles. The van der Waals surface area contributed by atoms with Gasteiger partial charge in [0, 0.05) is 12.5 Å². The lowest BCUT2D eigenvalue weighted by molar-refractivity contribution is 0.0695. The number of aromatic nitrogens is 4. The van der Waals surface area contributed by atoms with Crippen molar-refractivity contribution in [1.29, 1.82) is 0 Å². The topological polar surface area (TPSA) is 127 Å². The Morgan fingerprint density at radius 1 is 1.35 bits per heavy atom. The van der Waals surface area contributed by atoms with Crippen molar-refractivity contribution in [2.24, 2.45) is 5.92 Å². The SMILES string of the molecule is CC1COCC1c1ccccc1C(=O)O.Nc1nc(Cl)c2[nH]cnc2n1. The zero-order chi connectivity index (χ0) is 18.7. The van der Waals surface area contributed by atoms with Crippen LogP contribution in [0.4, 0.5) is 5.95 Å². The molecule has 1 aliphatic heterocycles. The standard InChI is InChI=1S/C12H14O3.C5H4ClN5/c1-8-6-15-7-11(8)9-4-2-3-5-10(9)12(13)14;6-3-2-4(9-1-8-2)11-5(7)10-3/h2-5,8,11H,6-7H2,1H3,(H,13,14);1H,(H3,7,8,9,10,11). The van der Waals surface area contributed by atoms with Crippen molar-refractivity contribution in [2.45, 2.75) is 12.8 Å². The summed E-state index contributed by atoms with van der Waals surface area (Å²) in [6.07, 6.45) is 1.49. The number of nitrogens with one attached hydrogen (secondary N) is 1. The van der Waals surface area contributed by atoms with E-state index in [1.807, 2.05) is 12.1 Å². The minimum atomic E-state index is -0.857. The molecule has 2 aromatic heterocycles. The van der Waals surface area contributed by atoms with Gasteiger partial charge in [0.25, 0.3) is 0 Å². The first-order valence-corrected chi connectivity index (χ1v) is 8.37. The molecule has 2 unspecified atom stereocenters. The van der Waals surface area contributed by atoms with Crippen LogP contribution in [0.15, 0.2) is 30.6 Å². The molecule has 0 radical (unpaired) electrons. The van der Waals surface area contributed by atoms with Gasteiger partial charge in [-0.05, 0) is 17.5 Å². The largest absolute Gasteiger partial charge is 0.478 e. The molecule has 4 rings (SSSR count). The van der Waals surface area contributed by atoms with E-state index in [0.29, 0.717) is 34.4 Å². The lowest BCUT2D eigenvalue weighted by Gasteiger charge is -2.15. The Morgan fingerprint density at radius 3 is 2.81 bits per heavy atom. The molecule has 2 atom stereocenters. The van der Waals surface area contributed by atoms with Crippen molar-refractivity contribution in [3.8, 4) is 0 Å². The first-order chi connectivity index (χ1) is 12.5. The first-order valence-electron chi connectivity index (χ1n) is 7.99. The van der Waals surface area contributed by atoms with Crippen molar-refractivity contribution in [2.75, 3.05) is 18.9 Å². The maximum absolute atomic E-state index is 11.0. The molecule has 1 aliphatic rings. The van der Waals surface area contributed by atoms with Gasteiger partial charge in [0.1, 0.15) is 5.52 Å². The third kappa shape index (κ3) is 3.76. The van der Waals surface area contributed by atoms with Crippen molar-refractivity contribution in [3.63, 3.8) is 0 Å². The second-order valence-corrected chi connectivity index (χ2v) is 6.35. The molecule has 136 valence electrons. The number of rotatable bonds is 2. The van der Waals surface area contributed by atoms with E-state index in [1.165, 1.54) is 6.33 Å². The zero-order valence-electron chi connectivity index (χ0n) is 14.0. The van der Waals surface area contributed by atoms with Crippen LogP contribution in [0.1, 0.15) is 28.8 Å². The van der Waals surface area contributed by atoms with Gasteiger partial charge in [-0.25, -0.2) is 9.78 Å². The highest BCUT2D eigenvalue weighted by atomic mass is 35.5. The van der Waals surface area contributed by atoms with Crippen LogP contribution in [0.2, 0.25) is 5.15 Å². The van der Waals surface area contributed by atoms with Crippen LogP contribution in [0.25, 0.3) is 11.2 Å². The molecule has 8 nitrogen and oxygen atoms in total. The Hall–Kier alpha value is -2.71. The molecule has 0 aliphatic carbocycles. The fourth-order valence-electron chi connectivity index (χ4n) is 2.89. The Bertz CT molecular complexity index is 930. The molecule has 0 spiro atoms. The van der Waals surface area contributed by atoms with Gasteiger partial charge in [-0.15, -0.1) is 0 Å². The van der Waals surface area contributed by atoms with E-state index >= 15 is 0 Å². The number of hydrogen-bond donors (Lipinski definition) is 3. The monoisotopic (exact) mass is 375 g/mol. The summed E-state index contributed by atoms with van der Waals surface area (Å²) in [5.41, 5.74) is 7.72. The summed E-state index contributed by atoms with van der Waals surface area (Å²) in [6.45, 7) is 3.44. The van der Waals surface area contributed by atoms with Crippen molar-refractivity contribution in [3.05, 3.63) is 46.9 Å². The summed E-state index contributed by atoms with van der Waals surface area (Å²) in [6, 6.07) is 7.18. The Balaban J connectivity index is 0.000000158. The number of hydrogen-bond acceptors (Lipinski definition) is 6. The summed E-state index contributed by atoms with van der Waals surface area (Å²) < 4.78 is 5.37. The number of imidazole rings is 1. The van der Waals surface area contributed by atoms with Crippen molar-refractivity contribution >= 4 is 34.7 Å². The number of nitrogen functional groups attached to an aromatic ring is 1. The van der Waals surface area contributed by atoms with Gasteiger partial charge in [-0.1, -0.05) is 36.7 Å². The van der Waals surface area contributed by atoms with Crippen LogP contribution < -0.4 is 5.73 Å². The van der Waals surface area contributed by atoms with Gasteiger partial charge in [-0.2, -0.15) is 9.97 Å². The Kier molecular flexibility index (Phi) is 5.34. The molecular formula is C17H18ClN5O3. The fourth-order valence-corrected chi connectivity index (χ4v) is 3.11. The van der Waals surface area contributed by atoms with Gasteiger partial charge < -0.3 is 20.6 Å². The smallest absolute Gasteiger partial charge is 0.335 e. The number of aromatic carboxylic acids is 1. The number of carboxylic acids is 1. The molecule has 4 N–H and O–H groups in total. The second-order valence-electron chi connectivity index (χ2n) is 5.99. The summed E-state index contributed by atoms with van der Waals surface area (Å²) in [7, 11) is 0. The molecular weight excluding hydrogens is 358 g/mol. The van der Waals surface area contributed by atoms with Crippen LogP contribution in [0, 0.1) is 5.92 Å². The predicted octanol–water partition coefficient (Wildman–Crippen LogP) is 2.72. The highest BCUT2D eigenvalue weighted by Crippen LogP contribution is 2.32. The number of carboxylic acid groups (broad SMARTS) is 1. The zero-order valence-corrected chi connectivity index (χ0v) is 14.8. The number of halogens is 1. The normalized spacial score (nSPS) is 19.2. The lowest BCUT2D eigenvalue weighted by atomic mass is 9.87. The number of fused-ring (bicyclic) bond motifs is 1. The summed E-state index contributed by atoms with van der Waals surface area (Å²) in [5, 5.41) is 9.37. The van der Waals surface area contributed by atoms with Crippen LogP contribution in [-0.2, 0) is 4.74 Å². The highest BCUT2D eigenvalue weighted by Gasteiger charge is 2.28. The molecule has 1 saturated heterocycles. The summed E-state index contributed by atoms with van der Waals surface area (Å²) >= 11 is 5.70. The maximum Gasteiger partial charge on any atom is 0.335 e. The van der Waals surface area contributed by atoms with E-state index in [4.69, 9.17) is 27.2 Å². The molecule has 1 fully saturated rings. The molecule has 0 bridgehead atoms. The van der Waals surface area contributed by atoms with Crippen molar-refractivity contribution in [1.82, 2.24) is 19.9 Å². The number of ether oxygens (including phenoxy) is 1. The maximum atomic E-state index is 11.0. The van der Waals surface area contributed by atoms with E-state index in [2.05, 4.69) is 26.9 Å². The first kappa shape index (κ1) is 18.1. The third-order valence-electron chi connectivity index (χ3n) is 4.21. The molecule has 26 heavy (non-hydrogen) atoms. The van der Waals surface area contributed by atoms with E-state index in [0.717, 1.165) is 12.2 Å². The van der Waals surface area contributed by atoms with Gasteiger partial charge in [-0.3, -0.25) is 0 Å². The number of nitrogens with zero attached hydrogens (tertiary/aromatic N) is 3. The number of anilines is 1. The molecule has 9 heteroatoms. The molecule has 1 aromatic carbocycles. The number of H-pyrrole nitrogens is 1. The number of carbonyl (C=O) groups is 1. The number of nitrogens with two attached hydrogens (primary N) is 1. The van der Waals surface area contributed by atoms with Crippen LogP contribution in [-0.4, -0.2) is 44.2 Å². The van der Waals surface area contributed by atoms with Crippen LogP contribution in [0.5, 0.6) is 0 Å². The average molecular weight is 376 g/mol. The summed E-state index contributed by atoms with van der Waals surface area (Å²) in [5.74, 6) is -0.109. The number of benzene rings is 1. The third-order valence-corrected chi connectivity index (χ3v) is 4.49. The predicted molar refractivity (Wildman–Crippen MR) is 97.2 cm³/mol. The van der Waals surface area contributed by atoms with Crippen molar-refractivity contribution < 1.29 is 14.6 Å². The summed E-state index contributed by atoms with van der Waals surface area (Å²) in [4.78, 5) is 25.3. The van der Waals surface area contributed by atoms with E-state index in [1.54, 1.807) is 12.1 Å². The van der Waals surface area contributed by atoms with Gasteiger partial charge >= 0.3 is 5.97 Å². The molecule has 0 amide bonds. The van der Waals surface area contributed by atoms with Gasteiger partial charge in [0.2, 0.25) is 5.95 Å². The van der Waals surface area contributed by atoms with Crippen LogP contribution in [0.3, 0.4) is 0 Å². The van der Waals surface area contributed by atoms with E-state index in [-0.39, 0.29) is 11.9 Å². The second kappa shape index (κ2) is 7.67. The number of aromatic amines is 1. The molecule has 0 saturated carbocycles. The Morgan fingerprint density at radius 2 is 2.12 bits per heavy atom. The van der Waals surface area contributed by atoms with E-state index < -0.39 is 5.97 Å². The minimum absolute atomic E-state index is 0.134. The van der Waals surface area contributed by atoms with Gasteiger partial charge in [0.15, 0.2) is 10.8 Å².